The average Bonchev–Trinajstić information content (AvgIpc) is 3.77. The van der Waals surface area contributed by atoms with E-state index in [-0.39, 0.29) is 42.5 Å². The van der Waals surface area contributed by atoms with Crippen molar-refractivity contribution in [2.45, 2.75) is 31.8 Å². The molecule has 41 heavy (non-hydrogen) atoms. The topological polar surface area (TPSA) is 104 Å². The van der Waals surface area contributed by atoms with E-state index in [0.29, 0.717) is 24.2 Å². The Morgan fingerprint density at radius 1 is 0.829 bits per heavy atom. The highest BCUT2D eigenvalue weighted by atomic mass is 32.1. The van der Waals surface area contributed by atoms with Crippen LogP contribution in [0.2, 0.25) is 0 Å². The molecular formula is C31H28N2O6S2. The smallest absolute Gasteiger partial charge is 0.234 e. The monoisotopic (exact) mass is 588 g/mol. The number of phenolic OH excluding ortho intramolecular Hbond substituents is 1. The van der Waals surface area contributed by atoms with Crippen molar-refractivity contribution < 1.29 is 29.0 Å². The molecular weight excluding hydrogens is 560 g/mol. The Morgan fingerprint density at radius 2 is 1.46 bits per heavy atom. The van der Waals surface area contributed by atoms with Crippen molar-refractivity contribution in [2.24, 2.45) is 29.6 Å². The summed E-state index contributed by atoms with van der Waals surface area (Å²) >= 11 is 2.99. The van der Waals surface area contributed by atoms with Crippen LogP contribution in [0, 0.1) is 29.6 Å². The number of fused-ring (bicyclic) bond motifs is 4. The number of methoxy groups -OCH3 is 1. The molecule has 4 amide bonds. The third-order valence-corrected chi connectivity index (χ3v) is 10.9. The third-order valence-electron chi connectivity index (χ3n) is 9.19. The van der Waals surface area contributed by atoms with Gasteiger partial charge in [0.15, 0.2) is 0 Å². The highest BCUT2D eigenvalue weighted by Gasteiger charge is 2.62. The number of carbonyl (C=O) groups excluding carboxylic acids is 4. The molecule has 0 spiro atoms. The Labute approximate surface area is 244 Å². The maximum atomic E-state index is 14.0. The van der Waals surface area contributed by atoms with Crippen LogP contribution in [0.15, 0.2) is 64.9 Å². The predicted molar refractivity (Wildman–Crippen MR) is 152 cm³/mol. The number of imide groups is 2. The molecule has 3 fully saturated rings. The number of allylic oxidation sites excluding steroid dienone is 2. The summed E-state index contributed by atoms with van der Waals surface area (Å²) in [5.74, 6) is -3.89. The van der Waals surface area contributed by atoms with Gasteiger partial charge < -0.3 is 9.84 Å². The van der Waals surface area contributed by atoms with Crippen molar-refractivity contribution in [2.75, 3.05) is 7.11 Å². The second kappa shape index (κ2) is 9.95. The van der Waals surface area contributed by atoms with Gasteiger partial charge in [-0.3, -0.25) is 29.0 Å². The highest BCUT2D eigenvalue weighted by molar-refractivity contribution is 7.10. The molecule has 8 nitrogen and oxygen atoms in total. The molecule has 2 saturated heterocycles. The molecule has 4 heterocycles. The van der Waals surface area contributed by atoms with Gasteiger partial charge in [0.25, 0.3) is 0 Å². The van der Waals surface area contributed by atoms with Crippen LogP contribution in [0.1, 0.15) is 34.1 Å². The van der Waals surface area contributed by atoms with Crippen molar-refractivity contribution in [3.63, 3.8) is 0 Å². The van der Waals surface area contributed by atoms with E-state index in [2.05, 4.69) is 0 Å². The van der Waals surface area contributed by atoms with Gasteiger partial charge in [-0.1, -0.05) is 23.8 Å². The van der Waals surface area contributed by atoms with Crippen molar-refractivity contribution >= 4 is 46.3 Å². The van der Waals surface area contributed by atoms with Crippen molar-refractivity contribution in [3.8, 4) is 11.5 Å². The minimum Gasteiger partial charge on any atom is -0.508 e. The summed E-state index contributed by atoms with van der Waals surface area (Å²) in [6, 6.07) is 12.5. The van der Waals surface area contributed by atoms with Gasteiger partial charge in [0.1, 0.15) is 11.5 Å². The summed E-state index contributed by atoms with van der Waals surface area (Å²) in [5.41, 5.74) is 1.36. The number of benzene rings is 1. The molecule has 0 radical (unpaired) electrons. The number of rotatable bonds is 6. The molecule has 10 heteroatoms. The lowest BCUT2D eigenvalue weighted by Crippen LogP contribution is -2.43. The predicted octanol–water partition coefficient (Wildman–Crippen LogP) is 4.56. The fraction of sp³-hybridized carbons (Fsp3) is 0.355. The highest BCUT2D eigenvalue weighted by Crippen LogP contribution is 2.59. The van der Waals surface area contributed by atoms with E-state index < -0.39 is 35.5 Å². The molecule has 210 valence electrons. The Kier molecular flexibility index (Phi) is 6.35. The van der Waals surface area contributed by atoms with Gasteiger partial charge in [-0.2, -0.15) is 0 Å². The average molecular weight is 589 g/mol. The SMILES string of the molecule is COc1ccc(O)c([C@H]2C3=CC[C@@H]4C(=O)N(Cc5cccs5)C(=O)[C@@H]4[C@@H]3C[C@H]3C(=O)N(Cc4cccs4)C(=O)[C@@H]23)c1. The van der Waals surface area contributed by atoms with E-state index >= 15 is 0 Å². The van der Waals surface area contributed by atoms with Gasteiger partial charge in [0.2, 0.25) is 23.6 Å². The largest absolute Gasteiger partial charge is 0.508 e. The van der Waals surface area contributed by atoms with Crippen molar-refractivity contribution in [3.05, 3.63) is 80.2 Å². The summed E-state index contributed by atoms with van der Waals surface area (Å²) in [6.07, 6.45) is 2.68. The molecule has 0 unspecified atom stereocenters. The third kappa shape index (κ3) is 4.06. The van der Waals surface area contributed by atoms with Crippen LogP contribution in [-0.2, 0) is 32.3 Å². The van der Waals surface area contributed by atoms with Crippen molar-refractivity contribution in [1.29, 1.82) is 0 Å². The lowest BCUT2D eigenvalue weighted by Gasteiger charge is -2.44. The molecule has 1 saturated carbocycles. The summed E-state index contributed by atoms with van der Waals surface area (Å²) < 4.78 is 5.46. The first-order valence-corrected chi connectivity index (χ1v) is 15.4. The molecule has 3 aromatic rings. The van der Waals surface area contributed by atoms with Gasteiger partial charge in [0.05, 0.1) is 43.9 Å². The molecule has 6 atom stereocenters. The second-order valence-corrected chi connectivity index (χ2v) is 13.2. The van der Waals surface area contributed by atoms with Crippen LogP contribution in [0.5, 0.6) is 11.5 Å². The first-order chi connectivity index (χ1) is 19.9. The van der Waals surface area contributed by atoms with Gasteiger partial charge in [-0.05, 0) is 59.9 Å². The van der Waals surface area contributed by atoms with Crippen LogP contribution < -0.4 is 4.74 Å². The fourth-order valence-corrected chi connectivity index (χ4v) is 8.79. The number of ether oxygens (including phenoxy) is 1. The van der Waals surface area contributed by atoms with Gasteiger partial charge >= 0.3 is 0 Å². The number of phenols is 1. The molecule has 2 aromatic heterocycles. The van der Waals surface area contributed by atoms with E-state index in [1.807, 2.05) is 41.1 Å². The van der Waals surface area contributed by atoms with Crippen molar-refractivity contribution in [1.82, 2.24) is 9.80 Å². The zero-order valence-corrected chi connectivity index (χ0v) is 23.9. The summed E-state index contributed by atoms with van der Waals surface area (Å²) in [6.45, 7) is 0.434. The Hall–Kier alpha value is -3.76. The Bertz CT molecular complexity index is 1580. The lowest BCUT2D eigenvalue weighted by molar-refractivity contribution is -0.142. The normalized spacial score (nSPS) is 29.0. The van der Waals surface area contributed by atoms with Gasteiger partial charge in [-0.25, -0.2) is 0 Å². The zero-order chi connectivity index (χ0) is 28.4. The van der Waals surface area contributed by atoms with Gasteiger partial charge in [0, 0.05) is 21.2 Å². The first-order valence-electron chi connectivity index (χ1n) is 13.7. The molecule has 4 aliphatic rings. The van der Waals surface area contributed by atoms with E-state index in [4.69, 9.17) is 4.74 Å². The molecule has 0 bridgehead atoms. The summed E-state index contributed by atoms with van der Waals surface area (Å²) in [5, 5.41) is 14.9. The quantitative estimate of drug-likeness (QED) is 0.335. The molecule has 1 N–H and O–H groups in total. The number of thiophene rings is 2. The lowest BCUT2D eigenvalue weighted by atomic mass is 9.57. The van der Waals surface area contributed by atoms with Crippen LogP contribution >= 0.6 is 22.7 Å². The number of amides is 4. The van der Waals surface area contributed by atoms with E-state index in [9.17, 15) is 24.3 Å². The van der Waals surface area contributed by atoms with Gasteiger partial charge in [-0.15, -0.1) is 22.7 Å². The first kappa shape index (κ1) is 26.2. The number of hydrogen-bond acceptors (Lipinski definition) is 8. The summed E-state index contributed by atoms with van der Waals surface area (Å²) in [7, 11) is 1.53. The van der Waals surface area contributed by atoms with Crippen LogP contribution in [0.25, 0.3) is 0 Å². The van der Waals surface area contributed by atoms with E-state index in [0.717, 1.165) is 15.3 Å². The van der Waals surface area contributed by atoms with E-state index in [1.54, 1.807) is 12.1 Å². The number of likely N-dealkylation sites (tertiary alicyclic amines) is 2. The number of carbonyl (C=O) groups is 4. The van der Waals surface area contributed by atoms with Crippen LogP contribution in [-0.4, -0.2) is 45.6 Å². The number of nitrogens with zero attached hydrogens (tertiary/aromatic N) is 2. The minimum absolute atomic E-state index is 0.00308. The Morgan fingerprint density at radius 3 is 2.07 bits per heavy atom. The number of aromatic hydroxyl groups is 1. The maximum absolute atomic E-state index is 14.0. The molecule has 2 aliphatic heterocycles. The van der Waals surface area contributed by atoms with Crippen LogP contribution in [0.3, 0.4) is 0 Å². The Balaban J connectivity index is 1.31. The standard InChI is InChI=1S/C31H28N2O6S2/c1-39-16-6-9-24(34)22(12-16)25-19-7-8-20-26(30(37)32(28(20)35)14-17-4-2-10-40-17)21(19)13-23-27(25)31(38)33(29(23)36)15-18-5-3-11-41-18/h2-7,9-12,20-21,23,25-27,34H,8,13-15H2,1H3/t20-,21+,23+,25+,26-,27+/m0/s1. The second-order valence-electron chi connectivity index (χ2n) is 11.1. The summed E-state index contributed by atoms with van der Waals surface area (Å²) in [4.78, 5) is 59.9. The van der Waals surface area contributed by atoms with Crippen LogP contribution in [0.4, 0.5) is 0 Å². The fourth-order valence-electron chi connectivity index (χ4n) is 7.40. The maximum Gasteiger partial charge on any atom is 0.234 e. The minimum atomic E-state index is -0.714. The molecule has 7 rings (SSSR count). The van der Waals surface area contributed by atoms with E-state index in [1.165, 1.54) is 45.6 Å². The number of hydrogen-bond donors (Lipinski definition) is 1. The molecule has 2 aliphatic carbocycles. The zero-order valence-electron chi connectivity index (χ0n) is 22.3. The molecule has 1 aromatic carbocycles.